The quantitative estimate of drug-likeness (QED) is 0.828. The van der Waals surface area contributed by atoms with Crippen LogP contribution in [-0.4, -0.2) is 64.3 Å². The molecule has 2 aliphatic rings. The van der Waals surface area contributed by atoms with Gasteiger partial charge in [0.2, 0.25) is 0 Å². The second-order valence-corrected chi connectivity index (χ2v) is 6.21. The van der Waals surface area contributed by atoms with Gasteiger partial charge in [0.1, 0.15) is 0 Å². The normalized spacial score (nSPS) is 27.3. The van der Waals surface area contributed by atoms with Crippen LogP contribution in [-0.2, 0) is 4.79 Å². The molecule has 2 saturated heterocycles. The molecule has 0 aromatic rings. The molecule has 2 atom stereocenters. The van der Waals surface area contributed by atoms with Gasteiger partial charge in [-0.05, 0) is 31.6 Å². The van der Waals surface area contributed by atoms with Crippen molar-refractivity contribution in [2.45, 2.75) is 51.0 Å². The molecule has 2 aliphatic heterocycles. The number of aliphatic hydroxyl groups excluding tert-OH is 1. The summed E-state index contributed by atoms with van der Waals surface area (Å²) in [5.74, 6) is -0.739. The molecule has 0 spiro atoms. The SMILES string of the molecule is O=C(O)CC1CCCN(C(=O)N2CCCCCC2CO)C1. The zero-order valence-electron chi connectivity index (χ0n) is 12.5. The molecule has 0 aromatic heterocycles. The number of piperidine rings is 1. The molecule has 2 heterocycles. The Morgan fingerprint density at radius 3 is 2.57 bits per heavy atom. The lowest BCUT2D eigenvalue weighted by molar-refractivity contribution is -0.138. The van der Waals surface area contributed by atoms with Crippen molar-refractivity contribution in [3.05, 3.63) is 0 Å². The lowest BCUT2D eigenvalue weighted by Gasteiger charge is -2.38. The van der Waals surface area contributed by atoms with Crippen LogP contribution in [0.25, 0.3) is 0 Å². The molecule has 0 radical (unpaired) electrons. The average molecular weight is 298 g/mol. The van der Waals surface area contributed by atoms with Crippen molar-refractivity contribution >= 4 is 12.0 Å². The van der Waals surface area contributed by atoms with Crippen LogP contribution in [0, 0.1) is 5.92 Å². The maximum absolute atomic E-state index is 12.7. The van der Waals surface area contributed by atoms with Crippen molar-refractivity contribution in [1.29, 1.82) is 0 Å². The Hall–Kier alpha value is -1.30. The van der Waals surface area contributed by atoms with E-state index in [1.54, 1.807) is 9.80 Å². The zero-order chi connectivity index (χ0) is 15.2. The third-order valence-electron chi connectivity index (χ3n) is 4.59. The van der Waals surface area contributed by atoms with Crippen LogP contribution in [0.15, 0.2) is 0 Å². The van der Waals surface area contributed by atoms with Crippen LogP contribution < -0.4 is 0 Å². The molecule has 21 heavy (non-hydrogen) atoms. The highest BCUT2D eigenvalue weighted by Crippen LogP contribution is 2.23. The number of aliphatic carboxylic acids is 1. The van der Waals surface area contributed by atoms with E-state index in [9.17, 15) is 14.7 Å². The van der Waals surface area contributed by atoms with E-state index in [0.29, 0.717) is 19.6 Å². The molecule has 2 N–H and O–H groups in total. The second-order valence-electron chi connectivity index (χ2n) is 6.21. The summed E-state index contributed by atoms with van der Waals surface area (Å²) in [6.07, 6.45) is 5.86. The topological polar surface area (TPSA) is 81.1 Å². The summed E-state index contributed by atoms with van der Waals surface area (Å²) in [5, 5.41) is 18.4. The Bertz CT molecular complexity index is 375. The second kappa shape index (κ2) is 7.64. The number of carboxylic acid groups (broad SMARTS) is 1. The molecule has 120 valence electrons. The molecule has 2 fully saturated rings. The van der Waals surface area contributed by atoms with E-state index in [1.807, 2.05) is 0 Å². The van der Waals surface area contributed by atoms with Crippen molar-refractivity contribution < 1.29 is 19.8 Å². The lowest BCUT2D eigenvalue weighted by Crippen LogP contribution is -2.52. The highest BCUT2D eigenvalue weighted by molar-refractivity contribution is 5.75. The molecule has 2 rings (SSSR count). The van der Waals surface area contributed by atoms with E-state index >= 15 is 0 Å². The number of carbonyl (C=O) groups excluding carboxylic acids is 1. The van der Waals surface area contributed by atoms with Crippen LogP contribution in [0.4, 0.5) is 4.79 Å². The molecular formula is C15H26N2O4. The van der Waals surface area contributed by atoms with Crippen LogP contribution >= 0.6 is 0 Å². The Morgan fingerprint density at radius 2 is 1.86 bits per heavy atom. The number of hydrogen-bond donors (Lipinski definition) is 2. The van der Waals surface area contributed by atoms with Gasteiger partial charge in [-0.3, -0.25) is 4.79 Å². The summed E-state index contributed by atoms with van der Waals surface area (Å²) in [5.41, 5.74) is 0. The third-order valence-corrected chi connectivity index (χ3v) is 4.59. The Balaban J connectivity index is 1.98. The lowest BCUT2D eigenvalue weighted by atomic mass is 9.95. The van der Waals surface area contributed by atoms with Crippen LogP contribution in [0.2, 0.25) is 0 Å². The first-order valence-electron chi connectivity index (χ1n) is 8.00. The molecule has 0 aliphatic carbocycles. The molecule has 6 heteroatoms. The van der Waals surface area contributed by atoms with Gasteiger partial charge >= 0.3 is 12.0 Å². The number of hydrogen-bond acceptors (Lipinski definition) is 3. The van der Waals surface area contributed by atoms with Gasteiger partial charge in [0.25, 0.3) is 0 Å². The van der Waals surface area contributed by atoms with Crippen LogP contribution in [0.1, 0.15) is 44.9 Å². The number of rotatable bonds is 3. The first kappa shape index (κ1) is 16.1. The summed E-state index contributed by atoms with van der Waals surface area (Å²) < 4.78 is 0. The average Bonchev–Trinajstić information content (AvgIpc) is 2.71. The maximum Gasteiger partial charge on any atom is 0.320 e. The van der Waals surface area contributed by atoms with E-state index in [4.69, 9.17) is 5.11 Å². The summed E-state index contributed by atoms with van der Waals surface area (Å²) in [6.45, 7) is 1.94. The van der Waals surface area contributed by atoms with E-state index in [0.717, 1.165) is 38.5 Å². The fourth-order valence-electron chi connectivity index (χ4n) is 3.45. The van der Waals surface area contributed by atoms with E-state index in [1.165, 1.54) is 0 Å². The molecule has 2 amide bonds. The van der Waals surface area contributed by atoms with Crippen molar-refractivity contribution in [2.75, 3.05) is 26.2 Å². The highest BCUT2D eigenvalue weighted by Gasteiger charge is 2.31. The molecule has 0 saturated carbocycles. The molecule has 0 aromatic carbocycles. The van der Waals surface area contributed by atoms with Gasteiger partial charge in [-0.1, -0.05) is 12.8 Å². The fourth-order valence-corrected chi connectivity index (χ4v) is 3.45. The van der Waals surface area contributed by atoms with E-state index in [-0.39, 0.29) is 31.0 Å². The minimum Gasteiger partial charge on any atom is -0.481 e. The minimum atomic E-state index is -0.794. The van der Waals surface area contributed by atoms with Crippen molar-refractivity contribution in [1.82, 2.24) is 9.80 Å². The first-order valence-corrected chi connectivity index (χ1v) is 8.00. The maximum atomic E-state index is 12.7. The van der Waals surface area contributed by atoms with Gasteiger partial charge in [0.15, 0.2) is 0 Å². The fraction of sp³-hybridized carbons (Fsp3) is 0.867. The van der Waals surface area contributed by atoms with Crippen LogP contribution in [0.5, 0.6) is 0 Å². The third kappa shape index (κ3) is 4.33. The van der Waals surface area contributed by atoms with Crippen molar-refractivity contribution in [3.8, 4) is 0 Å². The predicted molar refractivity (Wildman–Crippen MR) is 78.0 cm³/mol. The van der Waals surface area contributed by atoms with Gasteiger partial charge in [-0.15, -0.1) is 0 Å². The summed E-state index contributed by atoms with van der Waals surface area (Å²) in [4.78, 5) is 27.1. The van der Waals surface area contributed by atoms with Crippen molar-refractivity contribution in [3.63, 3.8) is 0 Å². The minimum absolute atomic E-state index is 0.0120. The number of nitrogens with zero attached hydrogens (tertiary/aromatic N) is 2. The summed E-state index contributed by atoms with van der Waals surface area (Å²) in [6, 6.07) is -0.106. The smallest absolute Gasteiger partial charge is 0.320 e. The van der Waals surface area contributed by atoms with Crippen molar-refractivity contribution in [2.24, 2.45) is 5.92 Å². The first-order chi connectivity index (χ1) is 10.1. The van der Waals surface area contributed by atoms with E-state index < -0.39 is 5.97 Å². The number of amides is 2. The number of carbonyl (C=O) groups is 2. The van der Waals surface area contributed by atoms with Gasteiger partial charge in [0, 0.05) is 26.1 Å². The summed E-state index contributed by atoms with van der Waals surface area (Å²) in [7, 11) is 0. The number of urea groups is 1. The summed E-state index contributed by atoms with van der Waals surface area (Å²) >= 11 is 0. The Kier molecular flexibility index (Phi) is 5.85. The monoisotopic (exact) mass is 298 g/mol. The zero-order valence-corrected chi connectivity index (χ0v) is 12.5. The molecule has 6 nitrogen and oxygen atoms in total. The molecule has 2 unspecified atom stereocenters. The largest absolute Gasteiger partial charge is 0.481 e. The Morgan fingerprint density at radius 1 is 1.05 bits per heavy atom. The molecule has 0 bridgehead atoms. The predicted octanol–water partition coefficient (Wildman–Crippen LogP) is 1.53. The van der Waals surface area contributed by atoms with Gasteiger partial charge in [0.05, 0.1) is 12.6 Å². The number of aliphatic hydroxyl groups is 1. The number of likely N-dealkylation sites (tertiary alicyclic amines) is 2. The van der Waals surface area contributed by atoms with Gasteiger partial charge in [-0.25, -0.2) is 4.79 Å². The standard InChI is InChI=1S/C15H26N2O4/c18-11-13-6-2-1-3-8-17(13)15(21)16-7-4-5-12(10-16)9-14(19)20/h12-13,18H,1-11H2,(H,19,20). The van der Waals surface area contributed by atoms with Gasteiger partial charge < -0.3 is 20.0 Å². The van der Waals surface area contributed by atoms with E-state index in [2.05, 4.69) is 0 Å². The van der Waals surface area contributed by atoms with Gasteiger partial charge in [-0.2, -0.15) is 0 Å². The Labute approximate surface area is 125 Å². The number of carboxylic acids is 1. The highest BCUT2D eigenvalue weighted by atomic mass is 16.4. The molecular weight excluding hydrogens is 272 g/mol. The van der Waals surface area contributed by atoms with Crippen LogP contribution in [0.3, 0.4) is 0 Å².